The van der Waals surface area contributed by atoms with Gasteiger partial charge in [0.05, 0.1) is 0 Å². The number of hydrogen-bond donors (Lipinski definition) is 2. The van der Waals surface area contributed by atoms with Gasteiger partial charge in [0.25, 0.3) is 0 Å². The summed E-state index contributed by atoms with van der Waals surface area (Å²) in [4.78, 5) is 11.8. The minimum absolute atomic E-state index is 0.130. The predicted molar refractivity (Wildman–Crippen MR) is 76.2 cm³/mol. The molecule has 0 bridgehead atoms. The van der Waals surface area contributed by atoms with E-state index in [-0.39, 0.29) is 5.91 Å². The fourth-order valence-electron chi connectivity index (χ4n) is 2.23. The van der Waals surface area contributed by atoms with Crippen LogP contribution in [-0.2, 0) is 11.3 Å². The van der Waals surface area contributed by atoms with Crippen LogP contribution in [-0.4, -0.2) is 18.5 Å². The molecule has 0 saturated carbocycles. The summed E-state index contributed by atoms with van der Waals surface area (Å²) in [6.07, 6.45) is 4.16. The number of hydrogen-bond acceptors (Lipinski definition) is 2. The van der Waals surface area contributed by atoms with Crippen molar-refractivity contribution in [3.05, 3.63) is 34.3 Å². The molecule has 3 nitrogen and oxygen atoms in total. The Balaban J connectivity index is 1.76. The van der Waals surface area contributed by atoms with Gasteiger partial charge in [-0.05, 0) is 31.0 Å². The lowest BCUT2D eigenvalue weighted by Crippen LogP contribution is -2.38. The van der Waals surface area contributed by atoms with E-state index in [4.69, 9.17) is 0 Å². The molecule has 2 rings (SSSR count). The van der Waals surface area contributed by atoms with Crippen molar-refractivity contribution < 1.29 is 4.79 Å². The van der Waals surface area contributed by atoms with Crippen molar-refractivity contribution in [3.63, 3.8) is 0 Å². The van der Waals surface area contributed by atoms with Crippen molar-refractivity contribution >= 4 is 21.8 Å². The van der Waals surface area contributed by atoms with Crippen LogP contribution in [0.25, 0.3) is 0 Å². The number of amides is 1. The van der Waals surface area contributed by atoms with Gasteiger partial charge in [-0.3, -0.25) is 4.79 Å². The lowest BCUT2D eigenvalue weighted by atomic mass is 10.0. The van der Waals surface area contributed by atoms with E-state index in [9.17, 15) is 4.79 Å². The minimum Gasteiger partial charge on any atom is -0.352 e. The Labute approximate surface area is 116 Å². The zero-order chi connectivity index (χ0) is 12.8. The molecule has 0 aliphatic carbocycles. The van der Waals surface area contributed by atoms with Gasteiger partial charge >= 0.3 is 0 Å². The molecule has 1 aliphatic heterocycles. The summed E-state index contributed by atoms with van der Waals surface area (Å²) >= 11 is 3.48. The molecule has 1 atom stereocenters. The first kappa shape index (κ1) is 13.6. The number of carbonyl (C=O) groups excluding carboxylic acids is 1. The van der Waals surface area contributed by atoms with Gasteiger partial charge in [0.1, 0.15) is 0 Å². The normalized spacial score (nSPS) is 19.5. The van der Waals surface area contributed by atoms with Gasteiger partial charge in [-0.25, -0.2) is 0 Å². The summed E-state index contributed by atoms with van der Waals surface area (Å²) in [6, 6.07) is 8.32. The molecule has 18 heavy (non-hydrogen) atoms. The molecule has 1 unspecified atom stereocenters. The largest absolute Gasteiger partial charge is 0.352 e. The molecule has 1 aromatic rings. The molecule has 1 fully saturated rings. The molecular formula is C14H19BrN2O. The van der Waals surface area contributed by atoms with Crippen LogP contribution in [0.1, 0.15) is 31.2 Å². The molecule has 0 spiro atoms. The molecule has 98 valence electrons. The van der Waals surface area contributed by atoms with E-state index in [0.29, 0.717) is 19.0 Å². The Hall–Kier alpha value is -0.870. The van der Waals surface area contributed by atoms with Crippen LogP contribution in [0.15, 0.2) is 28.7 Å². The van der Waals surface area contributed by atoms with E-state index >= 15 is 0 Å². The Morgan fingerprint density at radius 2 is 2.22 bits per heavy atom. The number of carbonyl (C=O) groups is 1. The van der Waals surface area contributed by atoms with Crippen LogP contribution in [0.3, 0.4) is 0 Å². The van der Waals surface area contributed by atoms with E-state index in [2.05, 4.69) is 26.6 Å². The van der Waals surface area contributed by atoms with Crippen molar-refractivity contribution in [2.24, 2.45) is 0 Å². The molecule has 1 saturated heterocycles. The highest BCUT2D eigenvalue weighted by atomic mass is 79.9. The maximum absolute atomic E-state index is 11.8. The van der Waals surface area contributed by atoms with Gasteiger partial charge in [0, 0.05) is 23.5 Å². The third kappa shape index (κ3) is 4.10. The minimum atomic E-state index is 0.130. The van der Waals surface area contributed by atoms with E-state index < -0.39 is 0 Å². The zero-order valence-corrected chi connectivity index (χ0v) is 12.0. The second kappa shape index (κ2) is 6.90. The average molecular weight is 311 g/mol. The number of nitrogens with one attached hydrogen (secondary N) is 2. The first-order valence-electron chi connectivity index (χ1n) is 6.49. The monoisotopic (exact) mass is 310 g/mol. The van der Waals surface area contributed by atoms with Gasteiger partial charge in [-0.15, -0.1) is 0 Å². The molecule has 0 radical (unpaired) electrons. The van der Waals surface area contributed by atoms with E-state index in [1.54, 1.807) is 0 Å². The summed E-state index contributed by atoms with van der Waals surface area (Å²) in [7, 11) is 0. The van der Waals surface area contributed by atoms with Crippen LogP contribution in [0.5, 0.6) is 0 Å². The molecular weight excluding hydrogens is 292 g/mol. The number of piperidine rings is 1. The molecule has 1 heterocycles. The van der Waals surface area contributed by atoms with Crippen LogP contribution in [0.4, 0.5) is 0 Å². The molecule has 1 aliphatic rings. The Bertz CT molecular complexity index is 403. The Kier molecular flexibility index (Phi) is 5.20. The third-order valence-electron chi connectivity index (χ3n) is 3.28. The zero-order valence-electron chi connectivity index (χ0n) is 10.4. The second-order valence-corrected chi connectivity index (χ2v) is 5.57. The first-order valence-corrected chi connectivity index (χ1v) is 7.28. The van der Waals surface area contributed by atoms with Crippen LogP contribution in [0.2, 0.25) is 0 Å². The fraction of sp³-hybridized carbons (Fsp3) is 0.500. The summed E-state index contributed by atoms with van der Waals surface area (Å²) in [5.74, 6) is 0.130. The summed E-state index contributed by atoms with van der Waals surface area (Å²) < 4.78 is 1.04. The van der Waals surface area contributed by atoms with Crippen LogP contribution < -0.4 is 10.6 Å². The van der Waals surface area contributed by atoms with Crippen molar-refractivity contribution in [1.29, 1.82) is 0 Å². The average Bonchev–Trinajstić information content (AvgIpc) is 2.39. The van der Waals surface area contributed by atoms with Gasteiger partial charge in [-0.1, -0.05) is 40.5 Å². The van der Waals surface area contributed by atoms with Crippen molar-refractivity contribution in [2.45, 2.75) is 38.3 Å². The highest BCUT2D eigenvalue weighted by Crippen LogP contribution is 2.15. The fourth-order valence-corrected chi connectivity index (χ4v) is 2.65. The summed E-state index contributed by atoms with van der Waals surface area (Å²) in [5.41, 5.74) is 1.11. The van der Waals surface area contributed by atoms with Crippen molar-refractivity contribution in [1.82, 2.24) is 10.6 Å². The number of halogens is 1. The molecule has 2 N–H and O–H groups in total. The van der Waals surface area contributed by atoms with Crippen LogP contribution in [0, 0.1) is 0 Å². The molecule has 1 amide bonds. The quantitative estimate of drug-likeness (QED) is 0.897. The van der Waals surface area contributed by atoms with Gasteiger partial charge in [0.15, 0.2) is 0 Å². The Morgan fingerprint density at radius 3 is 2.94 bits per heavy atom. The summed E-state index contributed by atoms with van der Waals surface area (Å²) in [5, 5.41) is 6.37. The molecule has 1 aromatic carbocycles. The first-order chi connectivity index (χ1) is 8.75. The van der Waals surface area contributed by atoms with E-state index in [1.807, 2.05) is 24.3 Å². The predicted octanol–water partition coefficient (Wildman–Crippen LogP) is 2.60. The van der Waals surface area contributed by atoms with Gasteiger partial charge < -0.3 is 10.6 Å². The standard InChI is InChI=1S/C14H19BrN2O/c15-13-7-2-1-5-11(13)10-17-14(18)9-12-6-3-4-8-16-12/h1-2,5,7,12,16H,3-4,6,8-10H2,(H,17,18). The molecule has 4 heteroatoms. The second-order valence-electron chi connectivity index (χ2n) is 4.72. The lowest BCUT2D eigenvalue weighted by molar-refractivity contribution is -0.121. The maximum Gasteiger partial charge on any atom is 0.221 e. The topological polar surface area (TPSA) is 41.1 Å². The van der Waals surface area contributed by atoms with Gasteiger partial charge in [0.2, 0.25) is 5.91 Å². The third-order valence-corrected chi connectivity index (χ3v) is 4.05. The lowest BCUT2D eigenvalue weighted by Gasteiger charge is -2.22. The highest BCUT2D eigenvalue weighted by Gasteiger charge is 2.16. The number of rotatable bonds is 4. The SMILES string of the molecule is O=C(CC1CCCCN1)NCc1ccccc1Br. The number of benzene rings is 1. The van der Waals surface area contributed by atoms with E-state index in [0.717, 1.165) is 23.0 Å². The Morgan fingerprint density at radius 1 is 1.39 bits per heavy atom. The summed E-state index contributed by atoms with van der Waals surface area (Å²) in [6.45, 7) is 1.63. The molecule has 0 aromatic heterocycles. The van der Waals surface area contributed by atoms with Crippen molar-refractivity contribution in [3.8, 4) is 0 Å². The highest BCUT2D eigenvalue weighted by molar-refractivity contribution is 9.10. The van der Waals surface area contributed by atoms with E-state index in [1.165, 1.54) is 12.8 Å². The van der Waals surface area contributed by atoms with Crippen molar-refractivity contribution in [2.75, 3.05) is 6.54 Å². The van der Waals surface area contributed by atoms with Crippen LogP contribution >= 0.6 is 15.9 Å². The smallest absolute Gasteiger partial charge is 0.221 e. The maximum atomic E-state index is 11.8. The van der Waals surface area contributed by atoms with Gasteiger partial charge in [-0.2, -0.15) is 0 Å².